The van der Waals surface area contributed by atoms with Gasteiger partial charge in [0.15, 0.2) is 5.54 Å². The smallest absolute Gasteiger partial charge is 0.272 e. The molecule has 4 aromatic rings. The SMILES string of the molecule is O=C1c2cc3ccccc3n2C[C@@](C(=O)NC2CCCCC2)(c2ccccc2)N1Cc1ccccc1F. The highest BCUT2D eigenvalue weighted by Gasteiger charge is 2.53. The number of rotatable bonds is 5. The lowest BCUT2D eigenvalue weighted by Crippen LogP contribution is -2.64. The van der Waals surface area contributed by atoms with Crippen molar-refractivity contribution < 1.29 is 14.0 Å². The van der Waals surface area contributed by atoms with Gasteiger partial charge < -0.3 is 14.8 Å². The number of para-hydroxylation sites is 1. The predicted molar refractivity (Wildman–Crippen MR) is 141 cm³/mol. The summed E-state index contributed by atoms with van der Waals surface area (Å²) in [7, 11) is 0. The van der Waals surface area contributed by atoms with Gasteiger partial charge in [-0.25, -0.2) is 4.39 Å². The van der Waals surface area contributed by atoms with E-state index in [0.717, 1.165) is 42.1 Å². The van der Waals surface area contributed by atoms with Gasteiger partial charge in [-0.1, -0.05) is 86.0 Å². The molecular formula is C31H30FN3O2. The normalized spacial score (nSPS) is 20.1. The number of nitrogens with zero attached hydrogens (tertiary/aromatic N) is 2. The average molecular weight is 496 g/mol. The second-order valence-electron chi connectivity index (χ2n) is 10.2. The Morgan fingerprint density at radius 1 is 0.919 bits per heavy atom. The number of carbonyl (C=O) groups excluding carboxylic acids is 2. The lowest BCUT2D eigenvalue weighted by Gasteiger charge is -2.47. The Bertz CT molecular complexity index is 1460. The Labute approximate surface area is 215 Å². The third-order valence-corrected chi connectivity index (χ3v) is 7.98. The molecule has 37 heavy (non-hydrogen) atoms. The maximum absolute atomic E-state index is 14.9. The summed E-state index contributed by atoms with van der Waals surface area (Å²) in [6.45, 7) is 0.235. The summed E-state index contributed by atoms with van der Waals surface area (Å²) in [5.41, 5.74) is 1.17. The van der Waals surface area contributed by atoms with Crippen molar-refractivity contribution in [1.82, 2.24) is 14.8 Å². The second-order valence-corrected chi connectivity index (χ2v) is 10.2. The fourth-order valence-electron chi connectivity index (χ4n) is 6.03. The minimum absolute atomic E-state index is 0.0139. The number of hydrogen-bond acceptors (Lipinski definition) is 2. The molecule has 2 aliphatic rings. The lowest BCUT2D eigenvalue weighted by molar-refractivity contribution is -0.136. The Kier molecular flexibility index (Phi) is 6.03. The van der Waals surface area contributed by atoms with Crippen LogP contribution in [0.5, 0.6) is 0 Å². The van der Waals surface area contributed by atoms with Crippen molar-refractivity contribution in [2.24, 2.45) is 0 Å². The summed E-state index contributed by atoms with van der Waals surface area (Å²) >= 11 is 0. The maximum Gasteiger partial charge on any atom is 0.272 e. The van der Waals surface area contributed by atoms with Crippen LogP contribution in [0.25, 0.3) is 10.9 Å². The standard InChI is InChI=1S/C31H30FN3O2/c32-26-17-9-7-12-23(26)20-35-29(36)28-19-22-11-8-10-18-27(22)34(28)21-31(35,24-13-3-1-4-14-24)30(37)33-25-15-5-2-6-16-25/h1,3-4,7-14,17-19,25H,2,5-6,15-16,20-21H2,(H,33,37)/t31-/m0/s1. The molecule has 5 nitrogen and oxygen atoms in total. The summed E-state index contributed by atoms with van der Waals surface area (Å²) in [5, 5.41) is 4.25. The highest BCUT2D eigenvalue weighted by Crippen LogP contribution is 2.40. The zero-order valence-corrected chi connectivity index (χ0v) is 20.7. The van der Waals surface area contributed by atoms with Crippen LogP contribution in [0.2, 0.25) is 0 Å². The van der Waals surface area contributed by atoms with E-state index in [1.165, 1.54) is 12.5 Å². The molecule has 188 valence electrons. The topological polar surface area (TPSA) is 54.3 Å². The third kappa shape index (κ3) is 4.01. The Morgan fingerprint density at radius 2 is 1.62 bits per heavy atom. The Morgan fingerprint density at radius 3 is 2.41 bits per heavy atom. The van der Waals surface area contributed by atoms with Gasteiger partial charge in [0.25, 0.3) is 11.8 Å². The van der Waals surface area contributed by atoms with Crippen molar-refractivity contribution in [2.45, 2.75) is 56.8 Å². The third-order valence-electron chi connectivity index (χ3n) is 7.98. The zero-order valence-electron chi connectivity index (χ0n) is 20.7. The first-order chi connectivity index (χ1) is 18.1. The first kappa shape index (κ1) is 23.5. The van der Waals surface area contributed by atoms with Gasteiger partial charge in [0.1, 0.15) is 11.5 Å². The molecule has 1 aliphatic heterocycles. The number of carbonyl (C=O) groups is 2. The van der Waals surface area contributed by atoms with E-state index in [4.69, 9.17) is 0 Å². The monoisotopic (exact) mass is 495 g/mol. The van der Waals surface area contributed by atoms with E-state index in [-0.39, 0.29) is 30.9 Å². The largest absolute Gasteiger partial charge is 0.351 e. The predicted octanol–water partition coefficient (Wildman–Crippen LogP) is 5.78. The molecule has 1 fully saturated rings. The van der Waals surface area contributed by atoms with Crippen molar-refractivity contribution >= 4 is 22.7 Å². The van der Waals surface area contributed by atoms with E-state index in [1.807, 2.05) is 65.2 Å². The van der Waals surface area contributed by atoms with Gasteiger partial charge in [-0.3, -0.25) is 9.59 Å². The van der Waals surface area contributed by atoms with Gasteiger partial charge in [0.2, 0.25) is 0 Å². The molecule has 3 aromatic carbocycles. The van der Waals surface area contributed by atoms with Crippen LogP contribution in [0.1, 0.15) is 53.7 Å². The molecule has 1 N–H and O–H groups in total. The summed E-state index contributed by atoms with van der Waals surface area (Å²) in [6.07, 6.45) is 5.18. The zero-order chi connectivity index (χ0) is 25.4. The van der Waals surface area contributed by atoms with Crippen LogP contribution in [0.4, 0.5) is 4.39 Å². The van der Waals surface area contributed by atoms with Crippen LogP contribution in [0, 0.1) is 5.82 Å². The van der Waals surface area contributed by atoms with Crippen LogP contribution in [0.3, 0.4) is 0 Å². The molecule has 2 amide bonds. The summed E-state index contributed by atoms with van der Waals surface area (Å²) < 4.78 is 16.9. The molecule has 0 unspecified atom stereocenters. The highest BCUT2D eigenvalue weighted by molar-refractivity contribution is 6.04. The number of nitrogens with one attached hydrogen (secondary N) is 1. The Balaban J connectivity index is 1.55. The van der Waals surface area contributed by atoms with Crippen molar-refractivity contribution in [3.8, 4) is 0 Å². The van der Waals surface area contributed by atoms with Gasteiger partial charge in [-0.2, -0.15) is 0 Å². The van der Waals surface area contributed by atoms with E-state index in [0.29, 0.717) is 11.3 Å². The molecule has 1 aliphatic carbocycles. The van der Waals surface area contributed by atoms with E-state index < -0.39 is 11.4 Å². The number of fused-ring (bicyclic) bond motifs is 3. The first-order valence-electron chi connectivity index (χ1n) is 13.1. The van der Waals surface area contributed by atoms with Crippen molar-refractivity contribution in [1.29, 1.82) is 0 Å². The van der Waals surface area contributed by atoms with Gasteiger partial charge >= 0.3 is 0 Å². The molecule has 1 saturated carbocycles. The summed E-state index contributed by atoms with van der Waals surface area (Å²) in [4.78, 5) is 30.4. The summed E-state index contributed by atoms with van der Waals surface area (Å²) in [6, 6.07) is 25.7. The minimum atomic E-state index is -1.34. The Hall–Kier alpha value is -3.93. The first-order valence-corrected chi connectivity index (χ1v) is 13.1. The van der Waals surface area contributed by atoms with Gasteiger partial charge in [0.05, 0.1) is 13.1 Å². The van der Waals surface area contributed by atoms with Crippen LogP contribution >= 0.6 is 0 Å². The van der Waals surface area contributed by atoms with E-state index in [1.54, 1.807) is 23.1 Å². The molecular weight excluding hydrogens is 465 g/mol. The maximum atomic E-state index is 14.9. The number of amides is 2. The highest BCUT2D eigenvalue weighted by atomic mass is 19.1. The van der Waals surface area contributed by atoms with Crippen molar-refractivity contribution in [3.05, 3.63) is 108 Å². The van der Waals surface area contributed by atoms with E-state index >= 15 is 0 Å². The van der Waals surface area contributed by atoms with Crippen LogP contribution in [-0.2, 0) is 23.4 Å². The quantitative estimate of drug-likeness (QED) is 0.382. The number of benzene rings is 3. The molecule has 0 radical (unpaired) electrons. The number of hydrogen-bond donors (Lipinski definition) is 1. The van der Waals surface area contributed by atoms with Crippen LogP contribution in [0.15, 0.2) is 84.9 Å². The van der Waals surface area contributed by atoms with Crippen LogP contribution in [-0.4, -0.2) is 27.3 Å². The fraction of sp³-hybridized carbons (Fsp3) is 0.290. The molecule has 6 heteroatoms. The number of aromatic nitrogens is 1. The van der Waals surface area contributed by atoms with Crippen molar-refractivity contribution in [3.63, 3.8) is 0 Å². The molecule has 1 atom stereocenters. The number of halogens is 1. The average Bonchev–Trinajstić information content (AvgIpc) is 3.31. The lowest BCUT2D eigenvalue weighted by atomic mass is 9.83. The second kappa shape index (κ2) is 9.51. The van der Waals surface area contributed by atoms with E-state index in [2.05, 4.69) is 5.32 Å². The van der Waals surface area contributed by atoms with E-state index in [9.17, 15) is 14.0 Å². The van der Waals surface area contributed by atoms with Gasteiger partial charge in [0, 0.05) is 22.5 Å². The molecule has 2 heterocycles. The van der Waals surface area contributed by atoms with Crippen molar-refractivity contribution in [2.75, 3.05) is 0 Å². The van der Waals surface area contributed by atoms with Crippen LogP contribution < -0.4 is 5.32 Å². The minimum Gasteiger partial charge on any atom is -0.351 e. The van der Waals surface area contributed by atoms with Gasteiger partial charge in [-0.15, -0.1) is 0 Å². The molecule has 0 saturated heterocycles. The molecule has 0 bridgehead atoms. The molecule has 6 rings (SSSR count). The van der Waals surface area contributed by atoms with Gasteiger partial charge in [-0.05, 0) is 36.6 Å². The molecule has 1 aromatic heterocycles. The fourth-order valence-corrected chi connectivity index (χ4v) is 6.03. The molecule has 0 spiro atoms. The summed E-state index contributed by atoms with van der Waals surface area (Å²) in [5.74, 6) is -0.886.